The van der Waals surface area contributed by atoms with E-state index in [4.69, 9.17) is 16.3 Å². The largest absolute Gasteiger partial charge is 0.416 e. The molecular formula is C32H38ClF3N2O2. The smallest absolute Gasteiger partial charge is 0.363 e. The first-order valence-corrected chi connectivity index (χ1v) is 15.1. The van der Waals surface area contributed by atoms with E-state index in [0.29, 0.717) is 49.0 Å². The molecule has 2 saturated heterocycles. The van der Waals surface area contributed by atoms with E-state index in [9.17, 15) is 18.0 Å². The van der Waals surface area contributed by atoms with Crippen LogP contribution in [0.1, 0.15) is 72.8 Å². The lowest BCUT2D eigenvalue weighted by molar-refractivity contribution is -0.177. The second kappa shape index (κ2) is 10.6. The van der Waals surface area contributed by atoms with Gasteiger partial charge in [0.2, 0.25) is 0 Å². The molecule has 1 amide bonds. The summed E-state index contributed by atoms with van der Waals surface area (Å²) in [4.78, 5) is 18.3. The maximum absolute atomic E-state index is 14.0. The molecular weight excluding hydrogens is 537 g/mol. The molecule has 0 unspecified atom stereocenters. The second-order valence-electron chi connectivity index (χ2n) is 12.5. The number of nitrogens with zero attached hydrogens (tertiary/aromatic N) is 2. The van der Waals surface area contributed by atoms with Gasteiger partial charge in [0.25, 0.3) is 5.91 Å². The Labute approximate surface area is 239 Å². The zero-order valence-electron chi connectivity index (χ0n) is 23.3. The van der Waals surface area contributed by atoms with Gasteiger partial charge in [0.15, 0.2) is 0 Å². The van der Waals surface area contributed by atoms with Crippen molar-refractivity contribution in [2.75, 3.05) is 26.2 Å². The number of fused-ring (bicyclic) bond motifs is 1. The third kappa shape index (κ3) is 5.30. The van der Waals surface area contributed by atoms with Gasteiger partial charge in [-0.2, -0.15) is 13.2 Å². The van der Waals surface area contributed by atoms with Crippen molar-refractivity contribution in [1.82, 2.24) is 9.80 Å². The van der Waals surface area contributed by atoms with E-state index >= 15 is 0 Å². The minimum Gasteiger partial charge on any atom is -0.363 e. The van der Waals surface area contributed by atoms with Gasteiger partial charge in [-0.05, 0) is 98.6 Å². The zero-order chi connectivity index (χ0) is 28.2. The lowest BCUT2D eigenvalue weighted by atomic mass is 9.79. The monoisotopic (exact) mass is 574 g/mol. The molecule has 6 rings (SSSR count). The third-order valence-corrected chi connectivity index (χ3v) is 10.1. The van der Waals surface area contributed by atoms with Crippen molar-refractivity contribution in [1.29, 1.82) is 0 Å². The van der Waals surface area contributed by atoms with E-state index in [0.717, 1.165) is 50.9 Å². The first kappa shape index (κ1) is 28.0. The number of alkyl halides is 3. The molecule has 3 fully saturated rings. The number of piperidine rings is 1. The van der Waals surface area contributed by atoms with Crippen LogP contribution in [0.3, 0.4) is 0 Å². The first-order valence-electron chi connectivity index (χ1n) is 14.7. The summed E-state index contributed by atoms with van der Waals surface area (Å²) in [5.41, 5.74) is 2.31. The molecule has 4 aliphatic rings. The Morgan fingerprint density at radius 2 is 1.90 bits per heavy atom. The number of hydrogen-bond acceptors (Lipinski definition) is 3. The molecule has 4 nitrogen and oxygen atoms in total. The fraction of sp³-hybridized carbons (Fsp3) is 0.594. The Morgan fingerprint density at radius 1 is 1.10 bits per heavy atom. The summed E-state index contributed by atoms with van der Waals surface area (Å²) < 4.78 is 46.9. The Hall–Kier alpha value is -2.09. The van der Waals surface area contributed by atoms with Crippen LogP contribution in [0.2, 0.25) is 5.02 Å². The normalized spacial score (nSPS) is 29.8. The molecule has 0 spiro atoms. The van der Waals surface area contributed by atoms with Gasteiger partial charge >= 0.3 is 6.18 Å². The number of rotatable bonds is 4. The summed E-state index contributed by atoms with van der Waals surface area (Å²) in [7, 11) is 0. The summed E-state index contributed by atoms with van der Waals surface area (Å²) in [5, 5.41) is 0.131. The first-order chi connectivity index (χ1) is 19.0. The quantitative estimate of drug-likeness (QED) is 0.394. The van der Waals surface area contributed by atoms with Crippen LogP contribution in [0.5, 0.6) is 0 Å². The maximum atomic E-state index is 14.0. The van der Waals surface area contributed by atoms with Gasteiger partial charge in [-0.15, -0.1) is 0 Å². The summed E-state index contributed by atoms with van der Waals surface area (Å²) in [6.07, 6.45) is 0.582. The summed E-state index contributed by atoms with van der Waals surface area (Å²) >= 11 is 6.24. The number of hydrogen-bond donors (Lipinski definition) is 0. The molecule has 8 heteroatoms. The summed E-state index contributed by atoms with van der Waals surface area (Å²) in [5.74, 6) is 1.23. The third-order valence-electron chi connectivity index (χ3n) is 9.80. The number of carbonyl (C=O) groups excluding carboxylic acids is 1. The highest BCUT2D eigenvalue weighted by atomic mass is 35.5. The molecule has 0 radical (unpaired) electrons. The average molecular weight is 575 g/mol. The van der Waals surface area contributed by atoms with Crippen molar-refractivity contribution < 1.29 is 22.7 Å². The molecule has 0 aromatic heterocycles. The molecule has 216 valence electrons. The second-order valence-corrected chi connectivity index (χ2v) is 12.9. The van der Waals surface area contributed by atoms with Gasteiger partial charge in [0, 0.05) is 30.7 Å². The lowest BCUT2D eigenvalue weighted by Crippen LogP contribution is -2.59. The van der Waals surface area contributed by atoms with E-state index in [-0.39, 0.29) is 29.4 Å². The molecule has 3 heterocycles. The molecule has 0 bridgehead atoms. The van der Waals surface area contributed by atoms with Gasteiger partial charge in [0.1, 0.15) is 5.60 Å². The van der Waals surface area contributed by atoms with Gasteiger partial charge in [-0.25, -0.2) is 0 Å². The number of aryl methyl sites for hydroxylation is 1. The molecule has 2 aromatic rings. The Balaban J connectivity index is 1.12. The minimum absolute atomic E-state index is 0.0563. The highest BCUT2D eigenvalue weighted by Gasteiger charge is 2.56. The SMILES string of the molecule is Cc1cccc([C@H]2CCN([C@@H]3CC[C@@](C(=O)N4CCc5c(Cl)cc(C(F)(F)F)cc5C4)(C4CC4)OC3)C[C@@H]2C)c1. The predicted octanol–water partition coefficient (Wildman–Crippen LogP) is 7.01. The van der Waals surface area contributed by atoms with E-state index in [1.165, 1.54) is 11.1 Å². The topological polar surface area (TPSA) is 32.8 Å². The molecule has 2 aromatic carbocycles. The average Bonchev–Trinajstić information content (AvgIpc) is 3.78. The number of amides is 1. The predicted molar refractivity (Wildman–Crippen MR) is 149 cm³/mol. The van der Waals surface area contributed by atoms with Crippen LogP contribution in [0.15, 0.2) is 36.4 Å². The maximum Gasteiger partial charge on any atom is 0.416 e. The van der Waals surface area contributed by atoms with E-state index in [1.54, 1.807) is 4.90 Å². The minimum atomic E-state index is -4.48. The molecule has 0 N–H and O–H groups in total. The Bertz CT molecular complexity index is 1270. The number of likely N-dealkylation sites (tertiary alicyclic amines) is 1. The number of halogens is 4. The van der Waals surface area contributed by atoms with Crippen LogP contribution >= 0.6 is 11.6 Å². The summed E-state index contributed by atoms with van der Waals surface area (Å²) in [6.45, 7) is 7.64. The standard InChI is InChI=1S/C32H38ClF3N2O2/c1-20-4-3-5-22(14-20)27-9-12-37(17-21(27)2)26-8-11-31(40-19-26,24-6-7-24)30(39)38-13-10-28-23(18-38)15-25(16-29(28)33)32(34,35)36/h3-5,14-16,21,24,26-27H,6-13,17-19H2,1-2H3/t21-,26+,27-,31-/m0/s1. The van der Waals surface area contributed by atoms with Gasteiger partial charge in [-0.3, -0.25) is 9.69 Å². The number of benzene rings is 2. The zero-order valence-corrected chi connectivity index (χ0v) is 24.0. The van der Waals surface area contributed by atoms with Crippen molar-refractivity contribution in [3.63, 3.8) is 0 Å². The van der Waals surface area contributed by atoms with Gasteiger partial charge in [-0.1, -0.05) is 48.4 Å². The van der Waals surface area contributed by atoms with E-state index in [1.807, 2.05) is 0 Å². The molecule has 4 atom stereocenters. The fourth-order valence-corrected chi connectivity index (χ4v) is 7.77. The highest BCUT2D eigenvalue weighted by molar-refractivity contribution is 6.31. The van der Waals surface area contributed by atoms with Crippen molar-refractivity contribution in [2.45, 2.75) is 82.7 Å². The van der Waals surface area contributed by atoms with Crippen molar-refractivity contribution >= 4 is 17.5 Å². The van der Waals surface area contributed by atoms with E-state index in [2.05, 4.69) is 43.0 Å². The van der Waals surface area contributed by atoms with Crippen LogP contribution < -0.4 is 0 Å². The number of ether oxygens (including phenoxy) is 1. The molecule has 1 aliphatic carbocycles. The van der Waals surface area contributed by atoms with Crippen molar-refractivity contribution in [3.05, 3.63) is 69.2 Å². The molecule has 1 saturated carbocycles. The fourth-order valence-electron chi connectivity index (χ4n) is 7.44. The van der Waals surface area contributed by atoms with Crippen LogP contribution in [-0.4, -0.2) is 53.6 Å². The lowest BCUT2D eigenvalue weighted by Gasteiger charge is -2.48. The van der Waals surface area contributed by atoms with Crippen molar-refractivity contribution in [3.8, 4) is 0 Å². The van der Waals surface area contributed by atoms with Crippen LogP contribution in [0, 0.1) is 18.8 Å². The Kier molecular flexibility index (Phi) is 7.46. The summed E-state index contributed by atoms with van der Waals surface area (Å²) in [6, 6.07) is 11.3. The van der Waals surface area contributed by atoms with Crippen LogP contribution in [-0.2, 0) is 28.7 Å². The van der Waals surface area contributed by atoms with Crippen LogP contribution in [0.25, 0.3) is 0 Å². The Morgan fingerprint density at radius 3 is 2.55 bits per heavy atom. The van der Waals surface area contributed by atoms with Crippen molar-refractivity contribution in [2.24, 2.45) is 11.8 Å². The molecule has 40 heavy (non-hydrogen) atoms. The number of carbonyl (C=O) groups is 1. The molecule has 3 aliphatic heterocycles. The van der Waals surface area contributed by atoms with Gasteiger partial charge < -0.3 is 9.64 Å². The van der Waals surface area contributed by atoms with E-state index < -0.39 is 17.3 Å². The van der Waals surface area contributed by atoms with Crippen LogP contribution in [0.4, 0.5) is 13.2 Å². The highest BCUT2D eigenvalue weighted by Crippen LogP contribution is 2.49. The van der Waals surface area contributed by atoms with Gasteiger partial charge in [0.05, 0.1) is 12.2 Å².